The molecule has 1 saturated heterocycles. The highest BCUT2D eigenvalue weighted by atomic mass is 16.5. The summed E-state index contributed by atoms with van der Waals surface area (Å²) in [5.74, 6) is -2.42. The molecule has 4 N–H and O–H groups in total. The first-order chi connectivity index (χ1) is 16.4. The third-order valence-corrected chi connectivity index (χ3v) is 5.92. The Kier molecular flexibility index (Phi) is 12.7. The summed E-state index contributed by atoms with van der Waals surface area (Å²) in [5, 5.41) is 17.1. The predicted octanol–water partition coefficient (Wildman–Crippen LogP) is 0.0993. The van der Waals surface area contributed by atoms with Crippen LogP contribution in [0.3, 0.4) is 0 Å². The summed E-state index contributed by atoms with van der Waals surface area (Å²) in [7, 11) is 1.26. The number of aliphatic hydroxyl groups excluding tert-OH is 1. The van der Waals surface area contributed by atoms with Crippen LogP contribution in [-0.4, -0.2) is 84.0 Å². The van der Waals surface area contributed by atoms with Gasteiger partial charge in [-0.05, 0) is 43.9 Å². The van der Waals surface area contributed by atoms with Crippen LogP contribution in [0.5, 0.6) is 0 Å². The lowest BCUT2D eigenvalue weighted by molar-refractivity contribution is -0.147. The Morgan fingerprint density at radius 2 is 1.69 bits per heavy atom. The van der Waals surface area contributed by atoms with Crippen LogP contribution in [0.15, 0.2) is 0 Å². The number of ether oxygens (including phenoxy) is 1. The van der Waals surface area contributed by atoms with E-state index in [4.69, 9.17) is 9.84 Å². The van der Waals surface area contributed by atoms with E-state index in [1.165, 1.54) is 18.9 Å². The molecule has 0 aliphatic carbocycles. The molecule has 11 heteroatoms. The predicted molar refractivity (Wildman–Crippen MR) is 129 cm³/mol. The molecule has 1 aliphatic heterocycles. The maximum Gasteiger partial charge on any atom is 0.328 e. The molecule has 200 valence electrons. The summed E-state index contributed by atoms with van der Waals surface area (Å²) in [6, 6.07) is -3.37. The number of hydrogen-bond donors (Lipinski definition) is 4. The van der Waals surface area contributed by atoms with E-state index in [0.717, 1.165) is 0 Å². The van der Waals surface area contributed by atoms with E-state index < -0.39 is 53.8 Å². The van der Waals surface area contributed by atoms with Gasteiger partial charge in [-0.2, -0.15) is 0 Å². The molecule has 4 atom stereocenters. The Morgan fingerprint density at radius 1 is 1.03 bits per heavy atom. The zero-order valence-electron chi connectivity index (χ0n) is 21.8. The molecule has 11 nitrogen and oxygen atoms in total. The molecular weight excluding hydrogens is 456 g/mol. The smallest absolute Gasteiger partial charge is 0.328 e. The highest BCUT2D eigenvalue weighted by molar-refractivity contribution is 5.95. The SMILES string of the molecule is COC(=O)[C@H](CC(C)C)NC(=O)[C@@H]1CCCN1C(=O)[C@@H](NC(=O)[C@H](CCCO)NC(C)=O)C(C)C. The number of esters is 1. The number of likely N-dealkylation sites (tertiary alicyclic amines) is 1. The summed E-state index contributed by atoms with van der Waals surface area (Å²) >= 11 is 0. The zero-order chi connectivity index (χ0) is 26.7. The highest BCUT2D eigenvalue weighted by Gasteiger charge is 2.40. The monoisotopic (exact) mass is 498 g/mol. The zero-order valence-corrected chi connectivity index (χ0v) is 21.8. The Morgan fingerprint density at radius 3 is 2.20 bits per heavy atom. The Hall–Kier alpha value is -2.69. The van der Waals surface area contributed by atoms with Gasteiger partial charge in [0.1, 0.15) is 24.2 Å². The van der Waals surface area contributed by atoms with E-state index in [1.54, 1.807) is 13.8 Å². The number of nitrogens with one attached hydrogen (secondary N) is 3. The molecule has 0 unspecified atom stereocenters. The van der Waals surface area contributed by atoms with Crippen molar-refractivity contribution in [3.8, 4) is 0 Å². The average Bonchev–Trinajstić information content (AvgIpc) is 3.28. The lowest BCUT2D eigenvalue weighted by Gasteiger charge is -2.32. The van der Waals surface area contributed by atoms with Gasteiger partial charge in [-0.3, -0.25) is 19.2 Å². The summed E-state index contributed by atoms with van der Waals surface area (Å²) in [6.07, 6.45) is 1.99. The Labute approximate surface area is 207 Å². The molecule has 0 aromatic heterocycles. The van der Waals surface area contributed by atoms with Crippen molar-refractivity contribution < 1.29 is 33.8 Å². The molecule has 0 bridgehead atoms. The van der Waals surface area contributed by atoms with Gasteiger partial charge in [-0.25, -0.2) is 4.79 Å². The molecule has 0 aromatic rings. The number of methoxy groups -OCH3 is 1. The third kappa shape index (κ3) is 9.46. The summed E-state index contributed by atoms with van der Waals surface area (Å²) in [6.45, 7) is 8.93. The van der Waals surface area contributed by atoms with Crippen molar-refractivity contribution in [1.29, 1.82) is 0 Å². The first kappa shape index (κ1) is 30.3. The van der Waals surface area contributed by atoms with Crippen molar-refractivity contribution in [3.05, 3.63) is 0 Å². The Bertz CT molecular complexity index is 756. The van der Waals surface area contributed by atoms with E-state index in [0.29, 0.717) is 32.2 Å². The van der Waals surface area contributed by atoms with Crippen LogP contribution >= 0.6 is 0 Å². The fourth-order valence-electron chi connectivity index (χ4n) is 4.15. The molecular formula is C24H42N4O7. The van der Waals surface area contributed by atoms with Gasteiger partial charge in [0, 0.05) is 20.1 Å². The average molecular weight is 499 g/mol. The number of carbonyl (C=O) groups excluding carboxylic acids is 5. The highest BCUT2D eigenvalue weighted by Crippen LogP contribution is 2.21. The second kappa shape index (κ2) is 14.7. The maximum atomic E-state index is 13.5. The second-order valence-corrected chi connectivity index (χ2v) is 9.75. The van der Waals surface area contributed by atoms with Crippen LogP contribution in [0.1, 0.15) is 66.7 Å². The van der Waals surface area contributed by atoms with E-state index >= 15 is 0 Å². The lowest BCUT2D eigenvalue weighted by Crippen LogP contribution is -2.58. The molecule has 1 fully saturated rings. The number of aliphatic hydroxyl groups is 1. The van der Waals surface area contributed by atoms with Crippen LogP contribution < -0.4 is 16.0 Å². The molecule has 4 amide bonds. The largest absolute Gasteiger partial charge is 0.467 e. The molecule has 0 radical (unpaired) electrons. The first-order valence-corrected chi connectivity index (χ1v) is 12.3. The molecule has 1 heterocycles. The van der Waals surface area contributed by atoms with Gasteiger partial charge in [0.15, 0.2) is 0 Å². The van der Waals surface area contributed by atoms with Gasteiger partial charge in [0.25, 0.3) is 0 Å². The van der Waals surface area contributed by atoms with Crippen LogP contribution in [0.25, 0.3) is 0 Å². The van der Waals surface area contributed by atoms with Gasteiger partial charge in [-0.1, -0.05) is 27.7 Å². The van der Waals surface area contributed by atoms with Gasteiger partial charge < -0.3 is 30.7 Å². The van der Waals surface area contributed by atoms with Crippen LogP contribution in [0, 0.1) is 11.8 Å². The second-order valence-electron chi connectivity index (χ2n) is 9.75. The van der Waals surface area contributed by atoms with Crippen molar-refractivity contribution >= 4 is 29.6 Å². The van der Waals surface area contributed by atoms with E-state index in [1.807, 2.05) is 13.8 Å². The van der Waals surface area contributed by atoms with Crippen molar-refractivity contribution in [2.24, 2.45) is 11.8 Å². The third-order valence-electron chi connectivity index (χ3n) is 5.92. The molecule has 0 aromatic carbocycles. The van der Waals surface area contributed by atoms with Crippen molar-refractivity contribution in [2.45, 2.75) is 90.9 Å². The molecule has 35 heavy (non-hydrogen) atoms. The molecule has 1 aliphatic rings. The fourth-order valence-corrected chi connectivity index (χ4v) is 4.15. The number of rotatable bonds is 13. The van der Waals surface area contributed by atoms with Gasteiger partial charge in [0.05, 0.1) is 7.11 Å². The topological polar surface area (TPSA) is 154 Å². The number of hydrogen-bond acceptors (Lipinski definition) is 7. The minimum Gasteiger partial charge on any atom is -0.467 e. The van der Waals surface area contributed by atoms with Crippen LogP contribution in [-0.2, 0) is 28.7 Å². The van der Waals surface area contributed by atoms with Crippen LogP contribution in [0.4, 0.5) is 0 Å². The standard InChI is InChI=1S/C24H42N4O7/c1-14(2)13-18(24(34)35-6)26-22(32)19-10-7-11-28(19)23(33)20(15(3)4)27-21(31)17(9-8-12-29)25-16(5)30/h14-15,17-20,29H,7-13H2,1-6H3,(H,25,30)(H,26,32)(H,27,31)/t17-,18-,19-,20-/m0/s1. The van der Waals surface area contributed by atoms with Crippen molar-refractivity contribution in [2.75, 3.05) is 20.3 Å². The summed E-state index contributed by atoms with van der Waals surface area (Å²) in [4.78, 5) is 64.5. The summed E-state index contributed by atoms with van der Waals surface area (Å²) in [5.41, 5.74) is 0. The number of nitrogens with zero attached hydrogens (tertiary/aromatic N) is 1. The van der Waals surface area contributed by atoms with Crippen molar-refractivity contribution in [1.82, 2.24) is 20.9 Å². The van der Waals surface area contributed by atoms with Crippen molar-refractivity contribution in [3.63, 3.8) is 0 Å². The van der Waals surface area contributed by atoms with Gasteiger partial charge >= 0.3 is 5.97 Å². The van der Waals surface area contributed by atoms with E-state index in [9.17, 15) is 24.0 Å². The molecule has 1 rings (SSSR count). The van der Waals surface area contributed by atoms with Gasteiger partial charge in [0.2, 0.25) is 23.6 Å². The number of carbonyl (C=O) groups is 5. The first-order valence-electron chi connectivity index (χ1n) is 12.3. The fraction of sp³-hybridized carbons (Fsp3) is 0.792. The Balaban J connectivity index is 3.00. The molecule has 0 spiro atoms. The quantitative estimate of drug-likeness (QED) is 0.263. The minimum absolute atomic E-state index is 0.135. The van der Waals surface area contributed by atoms with E-state index in [2.05, 4.69) is 16.0 Å². The maximum absolute atomic E-state index is 13.5. The van der Waals surface area contributed by atoms with Crippen LogP contribution in [0.2, 0.25) is 0 Å². The lowest BCUT2D eigenvalue weighted by atomic mass is 10.0. The normalized spacial score (nSPS) is 18.1. The summed E-state index contributed by atoms with van der Waals surface area (Å²) < 4.78 is 4.81. The minimum atomic E-state index is -0.909. The number of amides is 4. The van der Waals surface area contributed by atoms with Gasteiger partial charge in [-0.15, -0.1) is 0 Å². The van der Waals surface area contributed by atoms with E-state index in [-0.39, 0.29) is 24.9 Å². The molecule has 0 saturated carbocycles.